The molecule has 0 radical (unpaired) electrons. The smallest absolute Gasteiger partial charge is 0.126 e. The van der Waals surface area contributed by atoms with Crippen molar-refractivity contribution < 1.29 is 9.13 Å². The summed E-state index contributed by atoms with van der Waals surface area (Å²) in [6, 6.07) is 0. The standard InChI is InChI=1S/C10H11FO/c1-2-7-12-10-6-4-3-5-9(11)8-10/h2-5,8H,1,6-7H2. The van der Waals surface area contributed by atoms with E-state index in [0.29, 0.717) is 18.8 Å². The number of allylic oxidation sites excluding steroid dienone is 5. The number of ether oxygens (including phenoxy) is 1. The lowest BCUT2D eigenvalue weighted by molar-refractivity contribution is 0.241. The summed E-state index contributed by atoms with van der Waals surface area (Å²) in [6.07, 6.45) is 8.60. The number of hydrogen-bond acceptors (Lipinski definition) is 1. The Morgan fingerprint density at radius 3 is 3.25 bits per heavy atom. The maximum Gasteiger partial charge on any atom is 0.126 e. The molecule has 0 aromatic rings. The maximum absolute atomic E-state index is 12.7. The van der Waals surface area contributed by atoms with Crippen LogP contribution in [0.1, 0.15) is 6.42 Å². The Bertz CT molecular complexity index is 249. The number of hydrogen-bond donors (Lipinski definition) is 0. The molecule has 1 aliphatic rings. The van der Waals surface area contributed by atoms with Gasteiger partial charge in [-0.25, -0.2) is 4.39 Å². The van der Waals surface area contributed by atoms with Gasteiger partial charge in [0.2, 0.25) is 0 Å². The lowest BCUT2D eigenvalue weighted by atomic mass is 10.3. The van der Waals surface area contributed by atoms with Crippen LogP contribution in [0.25, 0.3) is 0 Å². The maximum atomic E-state index is 12.7. The van der Waals surface area contributed by atoms with Crippen LogP contribution in [0.2, 0.25) is 0 Å². The van der Waals surface area contributed by atoms with E-state index < -0.39 is 0 Å². The minimum atomic E-state index is -0.275. The quantitative estimate of drug-likeness (QED) is 0.586. The van der Waals surface area contributed by atoms with Crippen LogP contribution in [-0.4, -0.2) is 6.61 Å². The van der Waals surface area contributed by atoms with Crippen molar-refractivity contribution in [3.05, 3.63) is 48.5 Å². The van der Waals surface area contributed by atoms with E-state index in [0.717, 1.165) is 0 Å². The Balaban J connectivity index is 2.58. The first kappa shape index (κ1) is 8.78. The third kappa shape index (κ3) is 2.74. The first-order chi connectivity index (χ1) is 5.83. The van der Waals surface area contributed by atoms with Crippen molar-refractivity contribution >= 4 is 0 Å². The molecule has 1 aliphatic carbocycles. The van der Waals surface area contributed by atoms with Crippen molar-refractivity contribution in [3.63, 3.8) is 0 Å². The molecule has 0 atom stereocenters. The Hall–Kier alpha value is -1.31. The van der Waals surface area contributed by atoms with Crippen molar-refractivity contribution in [2.24, 2.45) is 0 Å². The molecule has 0 fully saturated rings. The lowest BCUT2D eigenvalue weighted by Crippen LogP contribution is -1.90. The summed E-state index contributed by atoms with van der Waals surface area (Å²) in [5.41, 5.74) is 0. The fourth-order valence-electron chi connectivity index (χ4n) is 0.872. The van der Waals surface area contributed by atoms with E-state index in [1.165, 1.54) is 12.2 Å². The largest absolute Gasteiger partial charge is 0.493 e. The van der Waals surface area contributed by atoms with E-state index in [2.05, 4.69) is 6.58 Å². The lowest BCUT2D eigenvalue weighted by Gasteiger charge is -2.04. The van der Waals surface area contributed by atoms with Crippen molar-refractivity contribution in [1.29, 1.82) is 0 Å². The molecule has 0 aromatic carbocycles. The molecule has 0 aliphatic heterocycles. The molecule has 0 saturated carbocycles. The fraction of sp³-hybridized carbons (Fsp3) is 0.200. The molecular formula is C10H11FO. The first-order valence-corrected chi connectivity index (χ1v) is 3.79. The van der Waals surface area contributed by atoms with Crippen molar-refractivity contribution in [2.45, 2.75) is 6.42 Å². The molecule has 0 saturated heterocycles. The summed E-state index contributed by atoms with van der Waals surface area (Å²) < 4.78 is 17.9. The Morgan fingerprint density at radius 2 is 2.50 bits per heavy atom. The van der Waals surface area contributed by atoms with Crippen molar-refractivity contribution in [3.8, 4) is 0 Å². The summed E-state index contributed by atoms with van der Waals surface area (Å²) in [7, 11) is 0. The molecule has 1 nitrogen and oxygen atoms in total. The second-order valence-corrected chi connectivity index (χ2v) is 2.39. The molecule has 0 spiro atoms. The van der Waals surface area contributed by atoms with Gasteiger partial charge in [0.15, 0.2) is 0 Å². The fourth-order valence-corrected chi connectivity index (χ4v) is 0.872. The van der Waals surface area contributed by atoms with Gasteiger partial charge in [0.1, 0.15) is 18.2 Å². The summed E-state index contributed by atoms with van der Waals surface area (Å²) in [6.45, 7) is 3.93. The molecule has 12 heavy (non-hydrogen) atoms. The highest BCUT2D eigenvalue weighted by molar-refractivity contribution is 5.24. The average molecular weight is 166 g/mol. The zero-order valence-electron chi connectivity index (χ0n) is 6.79. The minimum absolute atomic E-state index is 0.275. The molecule has 0 amide bonds. The Kier molecular flexibility index (Phi) is 3.33. The van der Waals surface area contributed by atoms with Gasteiger partial charge in [0.25, 0.3) is 0 Å². The van der Waals surface area contributed by atoms with E-state index in [9.17, 15) is 4.39 Å². The third-order valence-electron chi connectivity index (χ3n) is 1.40. The van der Waals surface area contributed by atoms with Gasteiger partial charge >= 0.3 is 0 Å². The highest BCUT2D eigenvalue weighted by atomic mass is 19.1. The van der Waals surface area contributed by atoms with Crippen LogP contribution in [0.5, 0.6) is 0 Å². The summed E-state index contributed by atoms with van der Waals surface area (Å²) in [4.78, 5) is 0. The summed E-state index contributed by atoms with van der Waals surface area (Å²) in [5.74, 6) is 0.361. The normalized spacial score (nSPS) is 16.1. The molecule has 0 bridgehead atoms. The Labute approximate surface area is 71.5 Å². The first-order valence-electron chi connectivity index (χ1n) is 3.79. The van der Waals surface area contributed by atoms with Crippen LogP contribution >= 0.6 is 0 Å². The third-order valence-corrected chi connectivity index (χ3v) is 1.40. The molecular weight excluding hydrogens is 155 g/mol. The zero-order chi connectivity index (χ0) is 8.81. The number of halogens is 1. The van der Waals surface area contributed by atoms with Crippen LogP contribution in [-0.2, 0) is 4.74 Å². The second kappa shape index (κ2) is 4.54. The van der Waals surface area contributed by atoms with E-state index >= 15 is 0 Å². The van der Waals surface area contributed by atoms with Crippen LogP contribution in [0, 0.1) is 0 Å². The monoisotopic (exact) mass is 166 g/mol. The summed E-state index contributed by atoms with van der Waals surface area (Å²) in [5, 5.41) is 0. The van der Waals surface area contributed by atoms with Gasteiger partial charge in [-0.2, -0.15) is 0 Å². The molecule has 2 heteroatoms. The topological polar surface area (TPSA) is 9.23 Å². The number of rotatable bonds is 3. The average Bonchev–Trinajstić information content (AvgIpc) is 2.26. The van der Waals surface area contributed by atoms with E-state index in [1.54, 1.807) is 12.2 Å². The summed E-state index contributed by atoms with van der Waals surface area (Å²) >= 11 is 0. The Morgan fingerprint density at radius 1 is 1.67 bits per heavy atom. The van der Waals surface area contributed by atoms with E-state index in [1.807, 2.05) is 6.08 Å². The second-order valence-electron chi connectivity index (χ2n) is 2.39. The van der Waals surface area contributed by atoms with Crippen LogP contribution in [0.15, 0.2) is 48.5 Å². The van der Waals surface area contributed by atoms with E-state index in [4.69, 9.17) is 4.74 Å². The van der Waals surface area contributed by atoms with Gasteiger partial charge in [-0.05, 0) is 6.08 Å². The highest BCUT2D eigenvalue weighted by Crippen LogP contribution is 2.13. The zero-order valence-corrected chi connectivity index (χ0v) is 6.79. The molecule has 0 unspecified atom stereocenters. The van der Waals surface area contributed by atoms with Gasteiger partial charge in [0.05, 0.1) is 0 Å². The van der Waals surface area contributed by atoms with Crippen LogP contribution in [0.3, 0.4) is 0 Å². The van der Waals surface area contributed by atoms with Crippen LogP contribution in [0.4, 0.5) is 4.39 Å². The van der Waals surface area contributed by atoms with Gasteiger partial charge < -0.3 is 4.74 Å². The van der Waals surface area contributed by atoms with Gasteiger partial charge in [-0.1, -0.05) is 24.8 Å². The molecule has 0 N–H and O–H groups in total. The molecule has 64 valence electrons. The predicted octanol–water partition coefficient (Wildman–Crippen LogP) is 2.89. The van der Waals surface area contributed by atoms with Gasteiger partial charge in [0, 0.05) is 12.5 Å². The van der Waals surface area contributed by atoms with Gasteiger partial charge in [-0.15, -0.1) is 0 Å². The minimum Gasteiger partial charge on any atom is -0.493 e. The predicted molar refractivity (Wildman–Crippen MR) is 47.2 cm³/mol. The highest BCUT2D eigenvalue weighted by Gasteiger charge is 1.99. The molecule has 0 heterocycles. The SMILES string of the molecule is C=CCOC1=CC(F)=CC=CC1. The van der Waals surface area contributed by atoms with Gasteiger partial charge in [-0.3, -0.25) is 0 Å². The van der Waals surface area contributed by atoms with E-state index in [-0.39, 0.29) is 5.83 Å². The van der Waals surface area contributed by atoms with Crippen molar-refractivity contribution in [2.75, 3.05) is 6.61 Å². The molecule has 0 aromatic heterocycles. The van der Waals surface area contributed by atoms with Crippen molar-refractivity contribution in [1.82, 2.24) is 0 Å². The van der Waals surface area contributed by atoms with Crippen LogP contribution < -0.4 is 0 Å². The molecule has 1 rings (SSSR count).